The molecule has 5 heterocycles. The van der Waals surface area contributed by atoms with Gasteiger partial charge >= 0.3 is 0 Å². The van der Waals surface area contributed by atoms with Crippen molar-refractivity contribution in [1.29, 1.82) is 0 Å². The maximum atomic E-state index is 5.30. The highest BCUT2D eigenvalue weighted by Gasteiger charge is 2.26. The standard InChI is InChI=1S/C30H36N8O/c1-19-25(20(2)39-36-19)18-31-21-6-8-26-24(16-21)29(35-34-26)30-32-27-9-7-23(17-28(27)33-30)38-14-10-22(11-15-38)37-12-4-3-5-13-37/h6-9,16-17,22,31H,3-5,10-15,18H2,1-2H3,(H,32,33)(H,34,35). The number of aryl methyl sites for hydroxylation is 2. The molecule has 2 aliphatic rings. The number of likely N-dealkylation sites (tertiary alicyclic amines) is 1. The minimum absolute atomic E-state index is 0.655. The van der Waals surface area contributed by atoms with Crippen LogP contribution in [0.3, 0.4) is 0 Å². The lowest BCUT2D eigenvalue weighted by atomic mass is 9.99. The largest absolute Gasteiger partial charge is 0.381 e. The second-order valence-electron chi connectivity index (χ2n) is 11.1. The van der Waals surface area contributed by atoms with Crippen molar-refractivity contribution in [1.82, 2.24) is 30.2 Å². The Labute approximate surface area is 228 Å². The predicted molar refractivity (Wildman–Crippen MR) is 155 cm³/mol. The fourth-order valence-corrected chi connectivity index (χ4v) is 6.33. The lowest BCUT2D eigenvalue weighted by Gasteiger charge is -2.41. The van der Waals surface area contributed by atoms with Gasteiger partial charge in [0, 0.05) is 48.0 Å². The highest BCUT2D eigenvalue weighted by molar-refractivity contribution is 5.95. The number of hydrogen-bond donors (Lipinski definition) is 3. The number of hydrogen-bond acceptors (Lipinski definition) is 7. The molecule has 3 N–H and O–H groups in total. The van der Waals surface area contributed by atoms with E-state index >= 15 is 0 Å². The van der Waals surface area contributed by atoms with Crippen molar-refractivity contribution >= 4 is 33.3 Å². The van der Waals surface area contributed by atoms with E-state index in [-0.39, 0.29) is 0 Å². The Morgan fingerprint density at radius 2 is 1.82 bits per heavy atom. The highest BCUT2D eigenvalue weighted by atomic mass is 16.5. The Hall–Kier alpha value is -3.85. The lowest BCUT2D eigenvalue weighted by molar-refractivity contribution is 0.141. The summed E-state index contributed by atoms with van der Waals surface area (Å²) in [6.45, 7) is 9.36. The fourth-order valence-electron chi connectivity index (χ4n) is 6.33. The molecule has 2 aromatic carbocycles. The molecule has 0 amide bonds. The van der Waals surface area contributed by atoms with Gasteiger partial charge in [-0.05, 0) is 89.0 Å². The van der Waals surface area contributed by atoms with Gasteiger partial charge in [-0.3, -0.25) is 5.10 Å². The summed E-state index contributed by atoms with van der Waals surface area (Å²) >= 11 is 0. The van der Waals surface area contributed by atoms with Crippen LogP contribution in [-0.2, 0) is 6.54 Å². The molecule has 0 unspecified atom stereocenters. The van der Waals surface area contributed by atoms with E-state index in [2.05, 4.69) is 71.9 Å². The molecule has 5 aromatic rings. The molecular formula is C30H36N8O. The molecule has 0 aliphatic carbocycles. The van der Waals surface area contributed by atoms with Gasteiger partial charge in [-0.2, -0.15) is 5.10 Å². The van der Waals surface area contributed by atoms with E-state index in [0.717, 1.165) is 75.3 Å². The quantitative estimate of drug-likeness (QED) is 0.259. The Bertz CT molecular complexity index is 1580. The molecule has 7 rings (SSSR count). The molecule has 2 saturated heterocycles. The molecule has 0 radical (unpaired) electrons. The predicted octanol–water partition coefficient (Wildman–Crippen LogP) is 5.78. The van der Waals surface area contributed by atoms with Gasteiger partial charge in [0.2, 0.25) is 0 Å². The first-order valence-corrected chi connectivity index (χ1v) is 14.3. The van der Waals surface area contributed by atoms with Gasteiger partial charge in [0.05, 0.1) is 22.2 Å². The molecule has 0 saturated carbocycles. The van der Waals surface area contributed by atoms with Gasteiger partial charge in [0.15, 0.2) is 5.82 Å². The van der Waals surface area contributed by atoms with Gasteiger partial charge in [-0.15, -0.1) is 0 Å². The van der Waals surface area contributed by atoms with Gasteiger partial charge < -0.3 is 24.6 Å². The van der Waals surface area contributed by atoms with Crippen LogP contribution in [0.25, 0.3) is 33.5 Å². The molecule has 3 aromatic heterocycles. The molecule has 9 nitrogen and oxygen atoms in total. The Kier molecular flexibility index (Phi) is 6.23. The van der Waals surface area contributed by atoms with E-state index in [0.29, 0.717) is 6.54 Å². The molecule has 39 heavy (non-hydrogen) atoms. The van der Waals surface area contributed by atoms with E-state index in [1.165, 1.54) is 50.9 Å². The summed E-state index contributed by atoms with van der Waals surface area (Å²) in [5, 5.41) is 16.4. The zero-order valence-corrected chi connectivity index (χ0v) is 22.8. The topological polar surface area (TPSA) is 102 Å². The fraction of sp³-hybridized carbons (Fsp3) is 0.433. The summed E-state index contributed by atoms with van der Waals surface area (Å²) in [6, 6.07) is 13.6. The Morgan fingerprint density at radius 1 is 0.974 bits per heavy atom. The zero-order chi connectivity index (χ0) is 26.3. The SMILES string of the molecule is Cc1noc(C)c1CNc1ccc2[nH]nc(-c3nc4ccc(N5CCC(N6CCCCC6)CC5)cc4[nH]3)c2c1. The number of benzene rings is 2. The smallest absolute Gasteiger partial charge is 0.159 e. The first-order chi connectivity index (χ1) is 19.1. The summed E-state index contributed by atoms with van der Waals surface area (Å²) in [6.07, 6.45) is 6.63. The number of aromatic amines is 2. The number of anilines is 2. The first-order valence-electron chi connectivity index (χ1n) is 14.3. The van der Waals surface area contributed by atoms with Crippen LogP contribution in [-0.4, -0.2) is 62.4 Å². The summed E-state index contributed by atoms with van der Waals surface area (Å²) < 4.78 is 5.30. The average Bonchev–Trinajstić information content (AvgIpc) is 3.68. The normalized spacial score (nSPS) is 17.4. The minimum Gasteiger partial charge on any atom is -0.381 e. The molecule has 0 atom stereocenters. The number of piperidine rings is 2. The number of nitrogens with one attached hydrogen (secondary N) is 3. The van der Waals surface area contributed by atoms with Crippen LogP contribution in [0.1, 0.15) is 49.1 Å². The number of aromatic nitrogens is 5. The van der Waals surface area contributed by atoms with E-state index in [9.17, 15) is 0 Å². The molecular weight excluding hydrogens is 488 g/mol. The third kappa shape index (κ3) is 4.65. The van der Waals surface area contributed by atoms with Crippen molar-refractivity contribution in [3.8, 4) is 11.5 Å². The second kappa shape index (κ2) is 10.0. The number of nitrogens with zero attached hydrogens (tertiary/aromatic N) is 5. The third-order valence-electron chi connectivity index (χ3n) is 8.64. The lowest BCUT2D eigenvalue weighted by Crippen LogP contribution is -2.46. The summed E-state index contributed by atoms with van der Waals surface area (Å²) in [7, 11) is 0. The first kappa shape index (κ1) is 24.2. The van der Waals surface area contributed by atoms with E-state index in [1.54, 1.807) is 0 Å². The van der Waals surface area contributed by atoms with Crippen LogP contribution < -0.4 is 10.2 Å². The number of rotatable bonds is 6. The Balaban J connectivity index is 1.09. The van der Waals surface area contributed by atoms with Crippen LogP contribution >= 0.6 is 0 Å². The Morgan fingerprint density at radius 3 is 2.62 bits per heavy atom. The van der Waals surface area contributed by atoms with Crippen LogP contribution in [0.2, 0.25) is 0 Å². The number of fused-ring (bicyclic) bond motifs is 2. The molecule has 0 spiro atoms. The summed E-state index contributed by atoms with van der Waals surface area (Å²) in [5.74, 6) is 1.62. The number of H-pyrrole nitrogens is 2. The molecule has 9 heteroatoms. The van der Waals surface area contributed by atoms with Gasteiger partial charge in [0.25, 0.3) is 0 Å². The summed E-state index contributed by atoms with van der Waals surface area (Å²) in [5.41, 5.74) is 8.09. The van der Waals surface area contributed by atoms with E-state index in [4.69, 9.17) is 9.51 Å². The third-order valence-corrected chi connectivity index (χ3v) is 8.64. The molecule has 0 bridgehead atoms. The van der Waals surface area contributed by atoms with Crippen molar-refractivity contribution in [2.45, 2.75) is 58.5 Å². The van der Waals surface area contributed by atoms with Crippen LogP contribution in [0.15, 0.2) is 40.9 Å². The average molecular weight is 525 g/mol. The van der Waals surface area contributed by atoms with Crippen LogP contribution in [0, 0.1) is 13.8 Å². The maximum absolute atomic E-state index is 5.30. The van der Waals surface area contributed by atoms with E-state index in [1.807, 2.05) is 13.8 Å². The highest BCUT2D eigenvalue weighted by Crippen LogP contribution is 2.31. The van der Waals surface area contributed by atoms with Crippen LogP contribution in [0.5, 0.6) is 0 Å². The summed E-state index contributed by atoms with van der Waals surface area (Å²) in [4.78, 5) is 13.7. The van der Waals surface area contributed by atoms with Crippen molar-refractivity contribution in [3.63, 3.8) is 0 Å². The molecule has 2 fully saturated rings. The molecule has 202 valence electrons. The van der Waals surface area contributed by atoms with Crippen molar-refractivity contribution < 1.29 is 4.52 Å². The minimum atomic E-state index is 0.655. The molecule has 2 aliphatic heterocycles. The van der Waals surface area contributed by atoms with Crippen molar-refractivity contribution in [2.24, 2.45) is 0 Å². The van der Waals surface area contributed by atoms with Gasteiger partial charge in [-0.1, -0.05) is 11.6 Å². The van der Waals surface area contributed by atoms with Crippen molar-refractivity contribution in [3.05, 3.63) is 53.4 Å². The van der Waals surface area contributed by atoms with Gasteiger partial charge in [0.1, 0.15) is 11.5 Å². The van der Waals surface area contributed by atoms with Gasteiger partial charge in [-0.25, -0.2) is 4.98 Å². The monoisotopic (exact) mass is 524 g/mol. The second-order valence-corrected chi connectivity index (χ2v) is 11.1. The zero-order valence-electron chi connectivity index (χ0n) is 22.8. The van der Waals surface area contributed by atoms with Crippen LogP contribution in [0.4, 0.5) is 11.4 Å². The number of imidazole rings is 1. The maximum Gasteiger partial charge on any atom is 0.159 e. The van der Waals surface area contributed by atoms with E-state index < -0.39 is 0 Å². The van der Waals surface area contributed by atoms with Crippen molar-refractivity contribution in [2.75, 3.05) is 36.4 Å².